The Morgan fingerprint density at radius 1 is 1.04 bits per heavy atom. The number of thioether (sulfide) groups is 1. The molecular weight excluding hydrogens is 374 g/mol. The molecule has 1 amide bonds. The van der Waals surface area contributed by atoms with Crippen molar-refractivity contribution in [3.05, 3.63) is 59.5 Å². The van der Waals surface area contributed by atoms with Gasteiger partial charge in [0.05, 0.1) is 12.0 Å². The van der Waals surface area contributed by atoms with Crippen molar-refractivity contribution in [1.82, 2.24) is 4.90 Å². The third kappa shape index (κ3) is 4.37. The first-order valence-corrected chi connectivity index (χ1v) is 10.6. The molecule has 0 aliphatic heterocycles. The maximum absolute atomic E-state index is 12.5. The average molecular weight is 398 g/mol. The van der Waals surface area contributed by atoms with Crippen LogP contribution in [0.4, 0.5) is 0 Å². The summed E-state index contributed by atoms with van der Waals surface area (Å²) in [5.74, 6) is 1.90. The number of rotatable bonds is 6. The first-order valence-electron chi connectivity index (χ1n) is 8.76. The molecule has 1 heterocycles. The van der Waals surface area contributed by atoms with Crippen LogP contribution in [0.5, 0.6) is 5.75 Å². The molecule has 0 bridgehead atoms. The number of methoxy groups -OCH3 is 1. The highest BCUT2D eigenvalue weighted by atomic mass is 32.2. The van der Waals surface area contributed by atoms with Crippen LogP contribution in [0.2, 0.25) is 0 Å². The third-order valence-corrected chi connectivity index (χ3v) is 6.24. The van der Waals surface area contributed by atoms with Crippen molar-refractivity contribution in [3.8, 4) is 27.3 Å². The molecule has 5 heteroatoms. The average Bonchev–Trinajstić information content (AvgIpc) is 3.13. The molecule has 0 unspecified atom stereocenters. The van der Waals surface area contributed by atoms with E-state index in [-0.39, 0.29) is 5.91 Å². The lowest BCUT2D eigenvalue weighted by Crippen LogP contribution is -2.20. The quantitative estimate of drug-likeness (QED) is 0.485. The molecule has 0 N–H and O–H groups in total. The van der Waals surface area contributed by atoms with Gasteiger partial charge in [-0.25, -0.2) is 0 Å². The topological polar surface area (TPSA) is 29.5 Å². The van der Waals surface area contributed by atoms with Gasteiger partial charge in [0.1, 0.15) is 5.75 Å². The number of amides is 1. The molecule has 3 nitrogen and oxygen atoms in total. The number of nitrogens with zero attached hydrogens (tertiary/aromatic N) is 1. The Morgan fingerprint density at radius 3 is 2.22 bits per heavy atom. The Hall–Kier alpha value is -2.24. The van der Waals surface area contributed by atoms with Gasteiger partial charge in [-0.3, -0.25) is 4.79 Å². The van der Waals surface area contributed by atoms with Crippen LogP contribution >= 0.6 is 23.1 Å². The van der Waals surface area contributed by atoms with Crippen LogP contribution in [0.3, 0.4) is 0 Å². The van der Waals surface area contributed by atoms with Crippen LogP contribution in [0.1, 0.15) is 16.6 Å². The summed E-state index contributed by atoms with van der Waals surface area (Å²) in [7, 11) is 5.23. The molecule has 3 aromatic rings. The molecule has 0 fully saturated rings. The Morgan fingerprint density at radius 2 is 1.67 bits per heavy atom. The predicted octanol–water partition coefficient (Wildman–Crippen LogP) is 5.90. The minimum atomic E-state index is 0.0270. The van der Waals surface area contributed by atoms with Crippen molar-refractivity contribution in [2.45, 2.75) is 11.8 Å². The number of carbonyl (C=O) groups excluding carboxylic acids is 1. The molecule has 1 aromatic heterocycles. The van der Waals surface area contributed by atoms with Crippen LogP contribution in [0.15, 0.2) is 59.5 Å². The van der Waals surface area contributed by atoms with Gasteiger partial charge in [-0.15, -0.1) is 23.1 Å². The second-order valence-corrected chi connectivity index (χ2v) is 8.63. The van der Waals surface area contributed by atoms with Gasteiger partial charge in [0.25, 0.3) is 5.91 Å². The lowest BCUT2D eigenvalue weighted by molar-refractivity contribution is 0.0832. The smallest absolute Gasteiger partial charge is 0.263 e. The van der Waals surface area contributed by atoms with E-state index in [9.17, 15) is 4.79 Å². The van der Waals surface area contributed by atoms with Gasteiger partial charge in [0.15, 0.2) is 0 Å². The van der Waals surface area contributed by atoms with E-state index in [4.69, 9.17) is 4.74 Å². The van der Waals surface area contributed by atoms with Gasteiger partial charge >= 0.3 is 0 Å². The summed E-state index contributed by atoms with van der Waals surface area (Å²) < 4.78 is 5.27. The van der Waals surface area contributed by atoms with Crippen molar-refractivity contribution in [1.29, 1.82) is 0 Å². The molecule has 2 aromatic carbocycles. The summed E-state index contributed by atoms with van der Waals surface area (Å²) in [5.41, 5.74) is 3.29. The molecule has 0 radical (unpaired) electrons. The van der Waals surface area contributed by atoms with Gasteiger partial charge in [-0.05, 0) is 59.3 Å². The molecular formula is C22H23NO2S2. The SMILES string of the molecule is CCSc1ccc(-c2cc(C(=O)N(C)C)sc2-c2ccc(OC)cc2)cc1. The van der Waals surface area contributed by atoms with E-state index in [1.54, 1.807) is 26.1 Å². The number of hydrogen-bond donors (Lipinski definition) is 0. The van der Waals surface area contributed by atoms with Gasteiger partial charge in [-0.1, -0.05) is 19.1 Å². The Balaban J connectivity index is 2.08. The fraction of sp³-hybridized carbons (Fsp3) is 0.227. The molecule has 0 spiro atoms. The summed E-state index contributed by atoms with van der Waals surface area (Å²) in [6.45, 7) is 2.15. The number of hydrogen-bond acceptors (Lipinski definition) is 4. The molecule has 0 saturated carbocycles. The zero-order valence-corrected chi connectivity index (χ0v) is 17.6. The van der Waals surface area contributed by atoms with E-state index in [1.165, 1.54) is 16.2 Å². The fourth-order valence-corrected chi connectivity index (χ4v) is 4.65. The minimum absolute atomic E-state index is 0.0270. The predicted molar refractivity (Wildman–Crippen MR) is 116 cm³/mol. The second kappa shape index (κ2) is 8.63. The zero-order valence-electron chi connectivity index (χ0n) is 16.0. The normalized spacial score (nSPS) is 10.7. The molecule has 0 atom stereocenters. The van der Waals surface area contributed by atoms with E-state index >= 15 is 0 Å². The fourth-order valence-electron chi connectivity index (χ4n) is 2.79. The van der Waals surface area contributed by atoms with Crippen molar-refractivity contribution in [2.75, 3.05) is 27.0 Å². The van der Waals surface area contributed by atoms with Crippen LogP contribution < -0.4 is 4.74 Å². The minimum Gasteiger partial charge on any atom is -0.497 e. The summed E-state index contributed by atoms with van der Waals surface area (Å²) in [4.78, 5) is 17.2. The zero-order chi connectivity index (χ0) is 19.4. The number of carbonyl (C=O) groups is 1. The van der Waals surface area contributed by atoms with Crippen LogP contribution in [-0.2, 0) is 0 Å². The highest BCUT2D eigenvalue weighted by Gasteiger charge is 2.18. The van der Waals surface area contributed by atoms with Crippen LogP contribution in [-0.4, -0.2) is 37.8 Å². The first kappa shape index (κ1) is 19.5. The molecule has 27 heavy (non-hydrogen) atoms. The van der Waals surface area contributed by atoms with E-state index in [2.05, 4.69) is 31.2 Å². The highest BCUT2D eigenvalue weighted by molar-refractivity contribution is 7.99. The number of thiophene rings is 1. The Labute approximate surface area is 169 Å². The molecule has 0 saturated heterocycles. The maximum Gasteiger partial charge on any atom is 0.263 e. The van der Waals surface area contributed by atoms with Crippen LogP contribution in [0.25, 0.3) is 21.6 Å². The standard InChI is InChI=1S/C22H23NO2S2/c1-5-26-18-12-8-15(9-13-18)19-14-20(22(24)23(2)3)27-21(19)16-6-10-17(25-4)11-7-16/h6-14H,5H2,1-4H3. The van der Waals surface area contributed by atoms with Crippen molar-refractivity contribution in [3.63, 3.8) is 0 Å². The maximum atomic E-state index is 12.5. The Bertz CT molecular complexity index is 912. The van der Waals surface area contributed by atoms with Crippen LogP contribution in [0, 0.1) is 0 Å². The monoisotopic (exact) mass is 397 g/mol. The summed E-state index contributed by atoms with van der Waals surface area (Å²) in [5, 5.41) is 0. The van der Waals surface area contributed by atoms with Gasteiger partial charge in [-0.2, -0.15) is 0 Å². The summed E-state index contributed by atoms with van der Waals surface area (Å²) >= 11 is 3.36. The van der Waals surface area contributed by atoms with E-state index < -0.39 is 0 Å². The first-order chi connectivity index (χ1) is 13.0. The molecule has 0 aliphatic carbocycles. The lowest BCUT2D eigenvalue weighted by atomic mass is 10.0. The largest absolute Gasteiger partial charge is 0.497 e. The molecule has 3 rings (SSSR count). The van der Waals surface area contributed by atoms with Crippen molar-refractivity contribution < 1.29 is 9.53 Å². The molecule has 0 aliphatic rings. The summed E-state index contributed by atoms with van der Waals surface area (Å²) in [6.07, 6.45) is 0. The van der Waals surface area contributed by atoms with Crippen molar-refractivity contribution in [2.24, 2.45) is 0 Å². The third-order valence-electron chi connectivity index (χ3n) is 4.18. The second-order valence-electron chi connectivity index (χ2n) is 6.24. The highest BCUT2D eigenvalue weighted by Crippen LogP contribution is 2.40. The van der Waals surface area contributed by atoms with Gasteiger partial charge < -0.3 is 9.64 Å². The number of benzene rings is 2. The van der Waals surface area contributed by atoms with Gasteiger partial charge in [0, 0.05) is 29.4 Å². The lowest BCUT2D eigenvalue weighted by Gasteiger charge is -2.07. The Kier molecular flexibility index (Phi) is 6.24. The van der Waals surface area contributed by atoms with E-state index in [1.807, 2.05) is 42.1 Å². The van der Waals surface area contributed by atoms with E-state index in [0.717, 1.165) is 37.9 Å². The van der Waals surface area contributed by atoms with Gasteiger partial charge in [0.2, 0.25) is 0 Å². The molecule has 140 valence electrons. The van der Waals surface area contributed by atoms with Crippen molar-refractivity contribution >= 4 is 29.0 Å². The van der Waals surface area contributed by atoms with E-state index in [0.29, 0.717) is 0 Å². The summed E-state index contributed by atoms with van der Waals surface area (Å²) in [6, 6.07) is 18.6. The number of ether oxygens (including phenoxy) is 1.